The van der Waals surface area contributed by atoms with Gasteiger partial charge in [0.1, 0.15) is 0 Å². The van der Waals surface area contributed by atoms with Gasteiger partial charge in [0.2, 0.25) is 0 Å². The minimum absolute atomic E-state index is 0.0257. The first-order chi connectivity index (χ1) is 10.8. The molecule has 1 rings (SSSR count). The Labute approximate surface area is 135 Å². The Morgan fingerprint density at radius 1 is 1.12 bits per heavy atom. The molecule has 140 valence electrons. The summed E-state index contributed by atoms with van der Waals surface area (Å²) in [5.41, 5.74) is -4.56. The predicted molar refractivity (Wildman–Crippen MR) is 72.9 cm³/mol. The lowest BCUT2D eigenvalue weighted by molar-refractivity contribution is -0.373. The second kappa shape index (κ2) is 7.33. The van der Waals surface area contributed by atoms with E-state index in [0.717, 1.165) is 0 Å². The van der Waals surface area contributed by atoms with Crippen LogP contribution in [0, 0.1) is 11.8 Å². The number of rotatable bonds is 5. The molecule has 3 nitrogen and oxygen atoms in total. The van der Waals surface area contributed by atoms with E-state index in [1.54, 1.807) is 0 Å². The van der Waals surface area contributed by atoms with Crippen molar-refractivity contribution in [3.05, 3.63) is 12.2 Å². The first kappa shape index (κ1) is 20.8. The van der Waals surface area contributed by atoms with Gasteiger partial charge in [-0.05, 0) is 38.0 Å². The molecule has 1 saturated carbocycles. The van der Waals surface area contributed by atoms with Gasteiger partial charge in [0, 0.05) is 5.57 Å². The van der Waals surface area contributed by atoms with Crippen molar-refractivity contribution in [3.8, 4) is 0 Å². The van der Waals surface area contributed by atoms with Gasteiger partial charge in [-0.15, -0.1) is 0 Å². The van der Waals surface area contributed by atoms with Crippen molar-refractivity contribution in [1.29, 1.82) is 0 Å². The number of aliphatic hydroxyl groups is 1. The van der Waals surface area contributed by atoms with Crippen molar-refractivity contribution in [3.63, 3.8) is 0 Å². The van der Waals surface area contributed by atoms with Crippen molar-refractivity contribution >= 4 is 5.97 Å². The monoisotopic (exact) mass is 362 g/mol. The zero-order valence-corrected chi connectivity index (χ0v) is 13.1. The highest BCUT2D eigenvalue weighted by Crippen LogP contribution is 2.48. The minimum atomic E-state index is -5.80. The molecule has 0 saturated heterocycles. The fourth-order valence-electron chi connectivity index (χ4n) is 2.87. The highest BCUT2D eigenvalue weighted by atomic mass is 19.4. The van der Waals surface area contributed by atoms with Gasteiger partial charge in [-0.3, -0.25) is 0 Å². The summed E-state index contributed by atoms with van der Waals surface area (Å²) in [4.78, 5) is 11.3. The molecule has 1 N–H and O–H groups in total. The van der Waals surface area contributed by atoms with Gasteiger partial charge >= 0.3 is 18.3 Å². The molecule has 1 aliphatic rings. The van der Waals surface area contributed by atoms with Crippen LogP contribution in [0.1, 0.15) is 39.0 Å². The molecule has 2 unspecified atom stereocenters. The summed E-state index contributed by atoms with van der Waals surface area (Å²) >= 11 is 0. The summed E-state index contributed by atoms with van der Waals surface area (Å²) < 4.78 is 81.4. The Balaban J connectivity index is 2.73. The third-order valence-electron chi connectivity index (χ3n) is 4.21. The van der Waals surface area contributed by atoms with Gasteiger partial charge in [-0.25, -0.2) is 4.79 Å². The van der Waals surface area contributed by atoms with Crippen molar-refractivity contribution in [2.24, 2.45) is 11.8 Å². The lowest BCUT2D eigenvalue weighted by atomic mass is 9.76. The Morgan fingerprint density at radius 2 is 1.62 bits per heavy atom. The smallest absolute Gasteiger partial charge is 0.426 e. The molecule has 1 fully saturated rings. The highest BCUT2D eigenvalue weighted by Gasteiger charge is 2.70. The number of esters is 1. The van der Waals surface area contributed by atoms with E-state index in [4.69, 9.17) is 4.74 Å². The third-order valence-corrected chi connectivity index (χ3v) is 4.21. The molecular weight excluding hydrogens is 342 g/mol. The van der Waals surface area contributed by atoms with Gasteiger partial charge in [0.05, 0.1) is 6.61 Å². The number of carbonyl (C=O) groups excluding carboxylic acids is 1. The number of hydrogen-bond donors (Lipinski definition) is 1. The average Bonchev–Trinajstić information content (AvgIpc) is 2.42. The predicted octanol–water partition coefficient (Wildman–Crippen LogP) is 4.16. The van der Waals surface area contributed by atoms with Gasteiger partial charge < -0.3 is 9.84 Å². The summed E-state index contributed by atoms with van der Waals surface area (Å²) in [5.74, 6) is -1.95. The molecular formula is C15H20F6O3. The van der Waals surface area contributed by atoms with E-state index in [9.17, 15) is 36.2 Å². The zero-order valence-electron chi connectivity index (χ0n) is 13.1. The molecule has 0 aromatic carbocycles. The fourth-order valence-corrected chi connectivity index (χ4v) is 2.87. The number of halogens is 6. The van der Waals surface area contributed by atoms with Crippen LogP contribution in [0.3, 0.4) is 0 Å². The normalized spacial score (nSPS) is 23.0. The molecule has 24 heavy (non-hydrogen) atoms. The van der Waals surface area contributed by atoms with Crippen molar-refractivity contribution in [1.82, 2.24) is 0 Å². The average molecular weight is 362 g/mol. The summed E-state index contributed by atoms with van der Waals surface area (Å²) in [5, 5.41) is 9.27. The maximum absolute atomic E-state index is 12.7. The Bertz CT molecular complexity index is 455. The first-order valence-corrected chi connectivity index (χ1v) is 7.46. The van der Waals surface area contributed by atoms with Crippen molar-refractivity contribution in [2.45, 2.75) is 57.0 Å². The van der Waals surface area contributed by atoms with E-state index in [2.05, 4.69) is 6.58 Å². The number of hydrogen-bond acceptors (Lipinski definition) is 3. The molecule has 0 aromatic rings. The van der Waals surface area contributed by atoms with Crippen molar-refractivity contribution < 1.29 is 41.0 Å². The SMILES string of the molecule is C=C(C)C(=O)OCC1CCCC(CC(O)(C(F)(F)F)C(F)(F)F)C1. The maximum Gasteiger partial charge on any atom is 0.426 e. The van der Waals surface area contributed by atoms with Crippen LogP contribution in [0.2, 0.25) is 0 Å². The van der Waals surface area contributed by atoms with Crippen LogP contribution in [-0.2, 0) is 9.53 Å². The molecule has 1 aliphatic carbocycles. The van der Waals surface area contributed by atoms with E-state index in [0.29, 0.717) is 12.8 Å². The van der Waals surface area contributed by atoms with Crippen LogP contribution in [0.25, 0.3) is 0 Å². The molecule has 0 spiro atoms. The van der Waals surface area contributed by atoms with E-state index >= 15 is 0 Å². The lowest BCUT2D eigenvalue weighted by Gasteiger charge is -2.37. The van der Waals surface area contributed by atoms with Crippen LogP contribution in [0.15, 0.2) is 12.2 Å². The Kier molecular flexibility index (Phi) is 6.35. The zero-order chi connectivity index (χ0) is 18.8. The molecule has 0 radical (unpaired) electrons. The summed E-state index contributed by atoms with van der Waals surface area (Å²) in [7, 11) is 0. The molecule has 9 heteroatoms. The Morgan fingerprint density at radius 3 is 2.08 bits per heavy atom. The first-order valence-electron chi connectivity index (χ1n) is 7.46. The summed E-state index contributed by atoms with van der Waals surface area (Å²) in [6.45, 7) is 4.72. The fraction of sp³-hybridized carbons (Fsp3) is 0.800. The van der Waals surface area contributed by atoms with E-state index < -0.39 is 36.3 Å². The standard InChI is InChI=1S/C15H20F6O3/c1-9(2)12(22)24-8-11-5-3-4-10(6-11)7-13(23,14(16,17)18)15(19,20)21/h10-11,23H,1,3-8H2,2H3. The van der Waals surface area contributed by atoms with Crippen LogP contribution < -0.4 is 0 Å². The van der Waals surface area contributed by atoms with E-state index in [-0.39, 0.29) is 30.9 Å². The summed E-state index contributed by atoms with van der Waals surface area (Å²) in [6, 6.07) is 0. The second-order valence-electron chi connectivity index (χ2n) is 6.34. The molecule has 0 heterocycles. The summed E-state index contributed by atoms with van der Waals surface area (Å²) in [6.07, 6.45) is -11.9. The second-order valence-corrected chi connectivity index (χ2v) is 6.34. The van der Waals surface area contributed by atoms with Crippen molar-refractivity contribution in [2.75, 3.05) is 6.61 Å². The quantitative estimate of drug-likeness (QED) is 0.454. The molecule has 0 aliphatic heterocycles. The van der Waals surface area contributed by atoms with Gasteiger partial charge in [-0.2, -0.15) is 26.3 Å². The van der Waals surface area contributed by atoms with Crippen LogP contribution in [0.4, 0.5) is 26.3 Å². The largest absolute Gasteiger partial charge is 0.462 e. The van der Waals surface area contributed by atoms with E-state index in [1.807, 2.05) is 0 Å². The van der Waals surface area contributed by atoms with Gasteiger partial charge in [-0.1, -0.05) is 19.4 Å². The molecule has 0 aromatic heterocycles. The van der Waals surface area contributed by atoms with Gasteiger partial charge in [0.25, 0.3) is 5.60 Å². The molecule has 0 bridgehead atoms. The van der Waals surface area contributed by atoms with E-state index in [1.165, 1.54) is 6.92 Å². The Hall–Kier alpha value is -1.25. The number of alkyl halides is 6. The van der Waals surface area contributed by atoms with Crippen LogP contribution >= 0.6 is 0 Å². The van der Waals surface area contributed by atoms with Crippen LogP contribution in [0.5, 0.6) is 0 Å². The molecule has 0 amide bonds. The maximum atomic E-state index is 12.7. The highest BCUT2D eigenvalue weighted by molar-refractivity contribution is 5.86. The van der Waals surface area contributed by atoms with Gasteiger partial charge in [0.15, 0.2) is 0 Å². The third kappa shape index (κ3) is 4.87. The minimum Gasteiger partial charge on any atom is -0.462 e. The molecule has 2 atom stereocenters. The topological polar surface area (TPSA) is 46.5 Å². The number of carbonyl (C=O) groups is 1. The number of ether oxygens (including phenoxy) is 1. The lowest BCUT2D eigenvalue weighted by Crippen LogP contribution is -2.58. The van der Waals surface area contributed by atoms with Crippen LogP contribution in [-0.4, -0.2) is 35.6 Å².